The molecule has 4 heterocycles. The number of methoxy groups -OCH3 is 1. The van der Waals surface area contributed by atoms with Gasteiger partial charge in [-0.3, -0.25) is 24.6 Å². The molecule has 2 saturated heterocycles. The zero-order valence-corrected chi connectivity index (χ0v) is 43.2. The second-order valence-electron chi connectivity index (χ2n) is 19.9. The van der Waals surface area contributed by atoms with E-state index in [0.29, 0.717) is 69.2 Å². The number of aliphatic hydroxyl groups is 1. The Hall–Kier alpha value is -7.22. The van der Waals surface area contributed by atoms with Gasteiger partial charge in [-0.2, -0.15) is 31.4 Å². The molecular weight excluding hydrogens is 1070 g/mol. The van der Waals surface area contributed by atoms with E-state index in [1.165, 1.54) is 35.6 Å². The molecule has 430 valence electrons. The van der Waals surface area contributed by atoms with Crippen molar-refractivity contribution in [2.24, 2.45) is 10.8 Å². The number of benzene rings is 2. The highest BCUT2D eigenvalue weighted by atomic mass is 19.4. The van der Waals surface area contributed by atoms with E-state index in [4.69, 9.17) is 4.74 Å². The minimum atomic E-state index is -5.28. The van der Waals surface area contributed by atoms with Crippen LogP contribution in [-0.2, 0) is 38.6 Å². The lowest BCUT2D eigenvalue weighted by Crippen LogP contribution is -2.63. The van der Waals surface area contributed by atoms with Crippen LogP contribution in [0.1, 0.15) is 49.9 Å². The number of aliphatic hydroxyl groups excluding tert-OH is 1. The number of hydrogen-bond acceptors (Lipinski definition) is 12. The Bertz CT molecular complexity index is 2820. The molecule has 4 amide bonds. The van der Waals surface area contributed by atoms with Gasteiger partial charge in [-0.1, -0.05) is 24.0 Å². The molecule has 5 atom stereocenters. The molecule has 2 aromatic carbocycles. The number of hydrazine groups is 1. The van der Waals surface area contributed by atoms with Crippen LogP contribution >= 0.6 is 0 Å². The van der Waals surface area contributed by atoms with Crippen molar-refractivity contribution < 1.29 is 82.8 Å². The average Bonchev–Trinajstić information content (AvgIpc) is 3.93. The molecule has 0 saturated carbocycles. The molecule has 0 aliphatic carbocycles. The lowest BCUT2D eigenvalue weighted by Gasteiger charge is -2.44. The van der Waals surface area contributed by atoms with Crippen molar-refractivity contribution in [3.63, 3.8) is 0 Å². The van der Waals surface area contributed by atoms with E-state index in [0.717, 1.165) is 50.0 Å². The van der Waals surface area contributed by atoms with Gasteiger partial charge in [0.2, 0.25) is 5.91 Å². The molecule has 2 fully saturated rings. The number of halogens is 10. The number of carbonyl (C=O) groups is 4. The number of hydrogen-bond donors (Lipinski definition) is 6. The topological polar surface area (TPSA) is 216 Å². The molecule has 0 radical (unpaired) electrons. The van der Waals surface area contributed by atoms with E-state index in [1.807, 2.05) is 16.8 Å². The van der Waals surface area contributed by atoms with Crippen molar-refractivity contribution in [3.8, 4) is 23.1 Å². The molecule has 2 aliphatic rings. The van der Waals surface area contributed by atoms with Gasteiger partial charge in [-0.15, -0.1) is 0 Å². The number of piperazine rings is 1. The van der Waals surface area contributed by atoms with Crippen molar-refractivity contribution >= 4 is 29.8 Å². The second kappa shape index (κ2) is 25.3. The average molecular weight is 1130 g/mol. The maximum atomic E-state index is 16.0. The summed E-state index contributed by atoms with van der Waals surface area (Å²) in [6.07, 6.45) is -16.8. The highest BCUT2D eigenvalue weighted by Gasteiger charge is 2.57. The molecule has 0 spiro atoms. The third-order valence-corrected chi connectivity index (χ3v) is 13.6. The van der Waals surface area contributed by atoms with Gasteiger partial charge in [0.25, 0.3) is 12.3 Å². The highest BCUT2D eigenvalue weighted by molar-refractivity contribution is 5.87. The van der Waals surface area contributed by atoms with E-state index in [2.05, 4.69) is 41.8 Å². The zero-order chi connectivity index (χ0) is 58.2. The standard InChI is InChI=1S/C51H58F10N10O8/c1-48(2,50(56,57)58)42(65-47(77)78-5)44(73)63-38(20-30-9-6-29(7-10-30)8-11-31-12-13-41(62-23-31)69-17-16-68-18-19-79-28-33(68)24-69)39(72)26-71(67-45(74)43(64-46(75)76)49(3,4)51(59,60)61)25-34-35(52)21-32(22-36(34)53)37-14-15-70(66-37)27-40(54)55/h6-7,9-10,12-15,21-23,33,38-40,42-43,64,72H,16-20,24-28H2,1-5H3,(H,63,73)(H,65,77)(H,67,74)(H,75,76)/t33-,38+,39+,42-,43-/m1/s1. The highest BCUT2D eigenvalue weighted by Crippen LogP contribution is 2.42. The number of ether oxygens (including phenoxy) is 2. The van der Waals surface area contributed by atoms with Gasteiger partial charge in [0.1, 0.15) is 36.1 Å². The van der Waals surface area contributed by atoms with Gasteiger partial charge in [-0.25, -0.2) is 37.1 Å². The number of nitrogens with zero attached hydrogens (tertiary/aromatic N) is 6. The van der Waals surface area contributed by atoms with Crippen molar-refractivity contribution in [1.29, 1.82) is 0 Å². The van der Waals surface area contributed by atoms with Crippen molar-refractivity contribution in [1.82, 2.24) is 46.0 Å². The molecule has 18 nitrogen and oxygen atoms in total. The summed E-state index contributed by atoms with van der Waals surface area (Å²) in [6, 6.07) is 5.53. The third-order valence-electron chi connectivity index (χ3n) is 13.6. The van der Waals surface area contributed by atoms with Gasteiger partial charge >= 0.3 is 24.5 Å². The fraction of sp³-hybridized carbons (Fsp3) is 0.490. The summed E-state index contributed by atoms with van der Waals surface area (Å²) < 4.78 is 156. The number of rotatable bonds is 19. The van der Waals surface area contributed by atoms with Gasteiger partial charge < -0.3 is 40.5 Å². The Balaban J connectivity index is 1.32. The molecule has 2 aromatic heterocycles. The normalized spacial score (nSPS) is 16.9. The van der Waals surface area contributed by atoms with E-state index in [-0.39, 0.29) is 22.9 Å². The molecule has 28 heteroatoms. The van der Waals surface area contributed by atoms with E-state index < -0.39 is 121 Å². The van der Waals surface area contributed by atoms with Gasteiger partial charge in [0.05, 0.1) is 55.0 Å². The summed E-state index contributed by atoms with van der Waals surface area (Å²) in [6.45, 7) is 3.53. The number of carbonyl (C=O) groups excluding carboxylic acids is 3. The number of alkyl carbamates (subject to hydrolysis) is 1. The van der Waals surface area contributed by atoms with Crippen molar-refractivity contribution in [2.45, 2.75) is 96.3 Å². The Labute approximate surface area is 446 Å². The van der Waals surface area contributed by atoms with Gasteiger partial charge in [-0.05, 0) is 82.1 Å². The van der Waals surface area contributed by atoms with Gasteiger partial charge in [0.15, 0.2) is 0 Å². The molecule has 79 heavy (non-hydrogen) atoms. The van der Waals surface area contributed by atoms with Crippen LogP contribution in [0.15, 0.2) is 67.0 Å². The first-order valence-electron chi connectivity index (χ1n) is 24.4. The molecular formula is C51H58F10N10O8. The number of alkyl halides is 8. The lowest BCUT2D eigenvalue weighted by atomic mass is 9.82. The summed E-state index contributed by atoms with van der Waals surface area (Å²) in [4.78, 5) is 61.2. The van der Waals surface area contributed by atoms with Crippen LogP contribution in [0.3, 0.4) is 0 Å². The largest absolute Gasteiger partial charge is 0.465 e. The first-order valence-corrected chi connectivity index (χ1v) is 24.4. The number of aromatic nitrogens is 3. The fourth-order valence-electron chi connectivity index (χ4n) is 8.62. The summed E-state index contributed by atoms with van der Waals surface area (Å²) in [5.41, 5.74) is -4.39. The number of nitrogens with one attached hydrogen (secondary N) is 4. The van der Waals surface area contributed by atoms with Crippen molar-refractivity contribution in [3.05, 3.63) is 101 Å². The van der Waals surface area contributed by atoms with Crippen LogP contribution in [0.25, 0.3) is 11.3 Å². The minimum Gasteiger partial charge on any atom is -0.465 e. The third kappa shape index (κ3) is 15.5. The molecule has 0 bridgehead atoms. The zero-order valence-electron chi connectivity index (χ0n) is 43.2. The van der Waals surface area contributed by atoms with E-state index in [1.54, 1.807) is 12.3 Å². The number of pyridine rings is 1. The number of carboxylic acid groups (broad SMARTS) is 1. The maximum Gasteiger partial charge on any atom is 0.407 e. The number of fused-ring (bicyclic) bond motifs is 1. The molecule has 6 N–H and O–H groups in total. The predicted octanol–water partition coefficient (Wildman–Crippen LogP) is 5.87. The summed E-state index contributed by atoms with van der Waals surface area (Å²) >= 11 is 0. The van der Waals surface area contributed by atoms with E-state index >= 15 is 8.78 Å². The Kier molecular flexibility index (Phi) is 19.5. The lowest BCUT2D eigenvalue weighted by molar-refractivity contribution is -0.221. The monoisotopic (exact) mass is 1130 g/mol. The summed E-state index contributed by atoms with van der Waals surface area (Å²) in [5, 5.41) is 31.4. The van der Waals surface area contributed by atoms with E-state index in [9.17, 15) is 64.5 Å². The summed E-state index contributed by atoms with van der Waals surface area (Å²) in [7, 11) is 0.812. The van der Waals surface area contributed by atoms with Gasteiger partial charge in [0, 0.05) is 73.9 Å². The molecule has 0 unspecified atom stereocenters. The summed E-state index contributed by atoms with van der Waals surface area (Å²) in [5.74, 6) is 0.617. The quantitative estimate of drug-likeness (QED) is 0.0369. The van der Waals surface area contributed by atoms with Crippen LogP contribution in [0.4, 0.5) is 59.3 Å². The Morgan fingerprint density at radius 3 is 2.05 bits per heavy atom. The Morgan fingerprint density at radius 1 is 0.848 bits per heavy atom. The molecule has 6 rings (SSSR count). The molecule has 2 aliphatic heterocycles. The Morgan fingerprint density at radius 2 is 1.47 bits per heavy atom. The smallest absolute Gasteiger partial charge is 0.407 e. The SMILES string of the molecule is COC(=O)N[C@H](C(=O)N[C@@H](Cc1ccc(C#Cc2ccc(N3CCN4CCOC[C@H]4C3)nc2)cc1)[C@@H](O)CN(Cc1c(F)cc(-c2ccn(CC(F)F)n2)cc1F)NC(=O)[C@@H](NC(=O)O)C(C)(C)C(F)(F)F)C(C)(C)C(F)(F)F. The van der Waals surface area contributed by atoms with Crippen LogP contribution in [0.2, 0.25) is 0 Å². The molecule has 4 aromatic rings. The fourth-order valence-corrected chi connectivity index (χ4v) is 8.62. The maximum absolute atomic E-state index is 16.0. The van der Waals surface area contributed by atoms with Crippen molar-refractivity contribution in [2.75, 3.05) is 57.9 Å². The first kappa shape index (κ1) is 61.0. The van der Waals surface area contributed by atoms with Crippen LogP contribution in [-0.4, -0.2) is 161 Å². The number of amides is 4. The van der Waals surface area contributed by atoms with Crippen LogP contribution in [0, 0.1) is 34.3 Å². The number of morpholine rings is 1. The minimum absolute atomic E-state index is 0.169. The van der Waals surface area contributed by atoms with Crippen LogP contribution in [0.5, 0.6) is 0 Å². The number of anilines is 1. The van der Waals surface area contributed by atoms with Crippen LogP contribution < -0.4 is 26.3 Å². The second-order valence-corrected chi connectivity index (χ2v) is 19.9. The predicted molar refractivity (Wildman–Crippen MR) is 263 cm³/mol. The first-order chi connectivity index (χ1) is 37.0.